The van der Waals surface area contributed by atoms with Gasteiger partial charge in [-0.15, -0.1) is 0 Å². The van der Waals surface area contributed by atoms with Crippen molar-refractivity contribution in [1.82, 2.24) is 4.90 Å². The normalized spacial score (nSPS) is 14.3. The summed E-state index contributed by atoms with van der Waals surface area (Å²) >= 11 is 6.11. The standard InChI is InChI=1S/C23H21ClN2O/c24-19-9-6-10-20(17-19)25-13-15-26(16-14-25)23(27)22-12-5-4-11-21(22)18-7-2-1-3-8-18/h1-12,17H,13-16H2. The molecule has 1 saturated heterocycles. The molecular weight excluding hydrogens is 356 g/mol. The summed E-state index contributed by atoms with van der Waals surface area (Å²) in [6.07, 6.45) is 0. The van der Waals surface area contributed by atoms with Crippen LogP contribution in [0.1, 0.15) is 10.4 Å². The van der Waals surface area contributed by atoms with Gasteiger partial charge < -0.3 is 9.80 Å². The first-order valence-electron chi connectivity index (χ1n) is 9.16. The van der Waals surface area contributed by atoms with Crippen molar-refractivity contribution in [3.05, 3.63) is 89.4 Å². The summed E-state index contributed by atoms with van der Waals surface area (Å²) in [6, 6.07) is 25.8. The van der Waals surface area contributed by atoms with Crippen molar-refractivity contribution in [3.63, 3.8) is 0 Å². The fourth-order valence-corrected chi connectivity index (χ4v) is 3.73. The molecule has 0 saturated carbocycles. The van der Waals surface area contributed by atoms with Crippen LogP contribution in [0.4, 0.5) is 5.69 Å². The zero-order chi connectivity index (χ0) is 18.6. The molecule has 0 radical (unpaired) electrons. The van der Waals surface area contributed by atoms with E-state index in [1.54, 1.807) is 0 Å². The third-order valence-electron chi connectivity index (χ3n) is 4.98. The average molecular weight is 377 g/mol. The SMILES string of the molecule is O=C(c1ccccc1-c1ccccc1)N1CCN(c2cccc(Cl)c2)CC1. The van der Waals surface area contributed by atoms with Gasteiger partial charge in [-0.2, -0.15) is 0 Å². The van der Waals surface area contributed by atoms with Crippen LogP contribution in [-0.2, 0) is 0 Å². The van der Waals surface area contributed by atoms with Crippen LogP contribution in [0.2, 0.25) is 5.02 Å². The summed E-state index contributed by atoms with van der Waals surface area (Å²) in [6.45, 7) is 3.02. The molecule has 1 amide bonds. The summed E-state index contributed by atoms with van der Waals surface area (Å²) in [5.74, 6) is 0.0974. The van der Waals surface area contributed by atoms with E-state index in [0.717, 1.165) is 40.5 Å². The van der Waals surface area contributed by atoms with E-state index in [4.69, 9.17) is 11.6 Å². The van der Waals surface area contributed by atoms with Gasteiger partial charge in [-0.25, -0.2) is 0 Å². The second-order valence-electron chi connectivity index (χ2n) is 6.67. The van der Waals surface area contributed by atoms with E-state index in [0.29, 0.717) is 13.1 Å². The minimum atomic E-state index is 0.0974. The molecule has 3 aromatic rings. The lowest BCUT2D eigenvalue weighted by Crippen LogP contribution is -2.48. The van der Waals surface area contributed by atoms with E-state index in [-0.39, 0.29) is 5.91 Å². The van der Waals surface area contributed by atoms with Crippen LogP contribution in [-0.4, -0.2) is 37.0 Å². The molecule has 0 N–H and O–H groups in total. The van der Waals surface area contributed by atoms with E-state index >= 15 is 0 Å². The molecule has 3 aromatic carbocycles. The van der Waals surface area contributed by atoms with Crippen LogP contribution >= 0.6 is 11.6 Å². The lowest BCUT2D eigenvalue weighted by molar-refractivity contribution is 0.0747. The lowest BCUT2D eigenvalue weighted by atomic mass is 9.98. The van der Waals surface area contributed by atoms with Gasteiger partial charge in [-0.05, 0) is 35.4 Å². The Balaban J connectivity index is 1.51. The minimum absolute atomic E-state index is 0.0974. The van der Waals surface area contributed by atoms with Crippen molar-refractivity contribution in [2.75, 3.05) is 31.1 Å². The molecule has 1 fully saturated rings. The number of carbonyl (C=O) groups excluding carboxylic acids is 1. The molecule has 27 heavy (non-hydrogen) atoms. The van der Waals surface area contributed by atoms with E-state index in [9.17, 15) is 4.79 Å². The van der Waals surface area contributed by atoms with Crippen LogP contribution in [0, 0.1) is 0 Å². The van der Waals surface area contributed by atoms with Gasteiger partial charge in [0, 0.05) is 42.5 Å². The molecule has 0 aliphatic carbocycles. The fourth-order valence-electron chi connectivity index (χ4n) is 3.55. The van der Waals surface area contributed by atoms with Crippen LogP contribution in [0.3, 0.4) is 0 Å². The number of nitrogens with zero attached hydrogens (tertiary/aromatic N) is 2. The summed E-state index contributed by atoms with van der Waals surface area (Å²) in [4.78, 5) is 17.4. The average Bonchev–Trinajstić information content (AvgIpc) is 2.74. The van der Waals surface area contributed by atoms with Gasteiger partial charge in [-0.3, -0.25) is 4.79 Å². The molecule has 4 rings (SSSR count). The van der Waals surface area contributed by atoms with Crippen molar-refractivity contribution in [2.24, 2.45) is 0 Å². The smallest absolute Gasteiger partial charge is 0.254 e. The number of rotatable bonds is 3. The number of amides is 1. The number of hydrogen-bond acceptors (Lipinski definition) is 2. The van der Waals surface area contributed by atoms with Crippen LogP contribution < -0.4 is 4.90 Å². The number of piperazine rings is 1. The van der Waals surface area contributed by atoms with Crippen molar-refractivity contribution < 1.29 is 4.79 Å². The number of carbonyl (C=O) groups is 1. The third kappa shape index (κ3) is 3.83. The second kappa shape index (κ2) is 7.85. The Morgan fingerprint density at radius 2 is 1.48 bits per heavy atom. The van der Waals surface area contributed by atoms with Gasteiger partial charge in [0.1, 0.15) is 0 Å². The fraction of sp³-hybridized carbons (Fsp3) is 0.174. The van der Waals surface area contributed by atoms with Gasteiger partial charge in [0.15, 0.2) is 0 Å². The van der Waals surface area contributed by atoms with Gasteiger partial charge in [0.25, 0.3) is 5.91 Å². The zero-order valence-corrected chi connectivity index (χ0v) is 15.8. The predicted molar refractivity (Wildman–Crippen MR) is 111 cm³/mol. The summed E-state index contributed by atoms with van der Waals surface area (Å²) < 4.78 is 0. The minimum Gasteiger partial charge on any atom is -0.368 e. The highest BCUT2D eigenvalue weighted by Crippen LogP contribution is 2.26. The maximum atomic E-state index is 13.2. The third-order valence-corrected chi connectivity index (χ3v) is 5.22. The second-order valence-corrected chi connectivity index (χ2v) is 7.11. The predicted octanol–water partition coefficient (Wildman–Crippen LogP) is 4.97. The Morgan fingerprint density at radius 1 is 0.778 bits per heavy atom. The maximum absolute atomic E-state index is 13.2. The van der Waals surface area contributed by atoms with Crippen LogP contribution in [0.5, 0.6) is 0 Å². The summed E-state index contributed by atoms with van der Waals surface area (Å²) in [7, 11) is 0. The van der Waals surface area contributed by atoms with Gasteiger partial charge in [0.05, 0.1) is 0 Å². The van der Waals surface area contributed by atoms with Crippen molar-refractivity contribution in [2.45, 2.75) is 0 Å². The highest BCUT2D eigenvalue weighted by atomic mass is 35.5. The van der Waals surface area contributed by atoms with E-state index in [2.05, 4.69) is 11.0 Å². The monoisotopic (exact) mass is 376 g/mol. The molecule has 136 valence electrons. The molecule has 1 aliphatic rings. The largest absolute Gasteiger partial charge is 0.368 e. The lowest BCUT2D eigenvalue weighted by Gasteiger charge is -2.36. The Hall–Kier alpha value is -2.78. The number of anilines is 1. The molecule has 0 atom stereocenters. The van der Waals surface area contributed by atoms with Crippen LogP contribution in [0.15, 0.2) is 78.9 Å². The number of benzene rings is 3. The molecule has 1 aliphatic heterocycles. The van der Waals surface area contributed by atoms with Crippen molar-refractivity contribution in [3.8, 4) is 11.1 Å². The molecule has 0 unspecified atom stereocenters. The molecular formula is C23H21ClN2O. The van der Waals surface area contributed by atoms with Crippen molar-refractivity contribution in [1.29, 1.82) is 0 Å². The summed E-state index contributed by atoms with van der Waals surface area (Å²) in [5, 5.41) is 0.739. The highest BCUT2D eigenvalue weighted by Gasteiger charge is 2.24. The first-order valence-corrected chi connectivity index (χ1v) is 9.54. The van der Waals surface area contributed by atoms with Crippen molar-refractivity contribution >= 4 is 23.2 Å². The molecule has 0 aromatic heterocycles. The van der Waals surface area contributed by atoms with E-state index in [1.165, 1.54) is 0 Å². The van der Waals surface area contributed by atoms with Gasteiger partial charge in [-0.1, -0.05) is 66.2 Å². The quantitative estimate of drug-likeness (QED) is 0.644. The highest BCUT2D eigenvalue weighted by molar-refractivity contribution is 6.30. The van der Waals surface area contributed by atoms with Gasteiger partial charge in [0.2, 0.25) is 0 Å². The number of hydrogen-bond donors (Lipinski definition) is 0. The topological polar surface area (TPSA) is 23.6 Å². The zero-order valence-electron chi connectivity index (χ0n) is 15.0. The summed E-state index contributed by atoms with van der Waals surface area (Å²) in [5.41, 5.74) is 3.93. The van der Waals surface area contributed by atoms with E-state index in [1.807, 2.05) is 77.7 Å². The molecule has 0 bridgehead atoms. The maximum Gasteiger partial charge on any atom is 0.254 e. The molecule has 3 nitrogen and oxygen atoms in total. The Morgan fingerprint density at radius 3 is 2.22 bits per heavy atom. The van der Waals surface area contributed by atoms with E-state index < -0.39 is 0 Å². The first-order chi connectivity index (χ1) is 13.2. The molecule has 0 spiro atoms. The Bertz CT molecular complexity index is 934. The molecule has 1 heterocycles. The Kier molecular flexibility index (Phi) is 5.12. The van der Waals surface area contributed by atoms with Gasteiger partial charge >= 0.3 is 0 Å². The van der Waals surface area contributed by atoms with Crippen LogP contribution in [0.25, 0.3) is 11.1 Å². The Labute approximate surface area is 164 Å². The molecule has 4 heteroatoms. The number of halogens is 1. The first kappa shape index (κ1) is 17.6.